The average Bonchev–Trinajstić information content (AvgIpc) is 2.87. The van der Waals surface area contributed by atoms with Gasteiger partial charge in [0.15, 0.2) is 0 Å². The summed E-state index contributed by atoms with van der Waals surface area (Å²) in [6.45, 7) is 5.93. The lowest BCUT2D eigenvalue weighted by Gasteiger charge is -2.28. The molecule has 6 nitrogen and oxygen atoms in total. The minimum Gasteiger partial charge on any atom is -0.383 e. The van der Waals surface area contributed by atoms with Crippen LogP contribution < -0.4 is 0 Å². The van der Waals surface area contributed by atoms with Crippen LogP contribution in [-0.2, 0) is 21.7 Å². The number of carbonyl (C=O) groups is 1. The molecule has 0 radical (unpaired) electrons. The van der Waals surface area contributed by atoms with E-state index in [-0.39, 0.29) is 12.5 Å². The molecule has 0 unspecified atom stereocenters. The Kier molecular flexibility index (Phi) is 3.88. The normalized spacial score (nSPS) is 16.2. The molecule has 3 rings (SSSR count). The molecule has 1 saturated heterocycles. The lowest BCUT2D eigenvalue weighted by Crippen LogP contribution is -2.42. The number of imidazole rings is 1. The molecule has 6 heteroatoms. The summed E-state index contributed by atoms with van der Waals surface area (Å²) in [5.41, 5.74) is 0.542. The van der Waals surface area contributed by atoms with Crippen LogP contribution in [0, 0.1) is 0 Å². The molecule has 1 N–H and O–H groups in total. The van der Waals surface area contributed by atoms with Crippen LogP contribution in [0.3, 0.4) is 0 Å². The third kappa shape index (κ3) is 2.84. The van der Waals surface area contributed by atoms with Crippen molar-refractivity contribution >= 4 is 16.9 Å². The van der Waals surface area contributed by atoms with Crippen LogP contribution >= 0.6 is 0 Å². The molecule has 2 aromatic rings. The fourth-order valence-electron chi connectivity index (χ4n) is 2.75. The summed E-state index contributed by atoms with van der Waals surface area (Å²) in [5.74, 6) is 0.535. The highest BCUT2D eigenvalue weighted by Crippen LogP contribution is 2.24. The predicted octanol–water partition coefficient (Wildman–Crippen LogP) is 1.12. The van der Waals surface area contributed by atoms with Gasteiger partial charge in [-0.2, -0.15) is 0 Å². The fraction of sp³-hybridized carbons (Fsp3) is 0.500. The lowest BCUT2D eigenvalue weighted by molar-refractivity contribution is -0.135. The number of morpholine rings is 1. The SMILES string of the molecule is CC(C)(O)c1nc2ccccc2n1CC(=O)N1CCOCC1. The van der Waals surface area contributed by atoms with E-state index in [1.807, 2.05) is 28.8 Å². The molecule has 22 heavy (non-hydrogen) atoms. The zero-order chi connectivity index (χ0) is 15.7. The second-order valence-electron chi connectivity index (χ2n) is 6.06. The molecule has 1 aliphatic rings. The second kappa shape index (κ2) is 5.70. The smallest absolute Gasteiger partial charge is 0.242 e. The number of ether oxygens (including phenoxy) is 1. The van der Waals surface area contributed by atoms with Gasteiger partial charge in [-0.25, -0.2) is 4.98 Å². The van der Waals surface area contributed by atoms with Crippen molar-refractivity contribution in [2.45, 2.75) is 26.0 Å². The summed E-state index contributed by atoms with van der Waals surface area (Å²) in [5, 5.41) is 10.4. The number of aliphatic hydroxyl groups is 1. The average molecular weight is 303 g/mol. The summed E-state index contributed by atoms with van der Waals surface area (Å²) in [6.07, 6.45) is 0. The minimum atomic E-state index is -1.11. The molecular formula is C16H21N3O3. The Morgan fingerprint density at radius 3 is 2.68 bits per heavy atom. The third-order valence-corrected chi connectivity index (χ3v) is 3.86. The Bertz CT molecular complexity index is 681. The first kappa shape index (κ1) is 15.0. The third-order valence-electron chi connectivity index (χ3n) is 3.86. The van der Waals surface area contributed by atoms with Gasteiger partial charge in [-0.1, -0.05) is 12.1 Å². The number of para-hydroxylation sites is 2. The Morgan fingerprint density at radius 2 is 2.00 bits per heavy atom. The maximum Gasteiger partial charge on any atom is 0.242 e. The Balaban J connectivity index is 1.96. The lowest BCUT2D eigenvalue weighted by atomic mass is 10.1. The second-order valence-corrected chi connectivity index (χ2v) is 6.06. The first-order chi connectivity index (χ1) is 10.5. The molecule has 0 saturated carbocycles. The summed E-state index contributed by atoms with van der Waals surface area (Å²) in [6, 6.07) is 7.62. The van der Waals surface area contributed by atoms with Crippen LogP contribution in [0.25, 0.3) is 11.0 Å². The van der Waals surface area contributed by atoms with Crippen LogP contribution in [0.1, 0.15) is 19.7 Å². The van der Waals surface area contributed by atoms with E-state index in [9.17, 15) is 9.90 Å². The number of hydrogen-bond donors (Lipinski definition) is 1. The quantitative estimate of drug-likeness (QED) is 0.923. The van der Waals surface area contributed by atoms with Crippen molar-refractivity contribution in [2.24, 2.45) is 0 Å². The number of nitrogens with zero attached hydrogens (tertiary/aromatic N) is 3. The van der Waals surface area contributed by atoms with Crippen molar-refractivity contribution in [1.82, 2.24) is 14.5 Å². The van der Waals surface area contributed by atoms with Crippen molar-refractivity contribution in [2.75, 3.05) is 26.3 Å². The molecular weight excluding hydrogens is 282 g/mol. The van der Waals surface area contributed by atoms with E-state index in [0.29, 0.717) is 32.1 Å². The number of hydrogen-bond acceptors (Lipinski definition) is 4. The molecule has 0 atom stereocenters. The first-order valence-electron chi connectivity index (χ1n) is 7.50. The van der Waals surface area contributed by atoms with E-state index in [1.165, 1.54) is 0 Å². The van der Waals surface area contributed by atoms with Crippen molar-refractivity contribution in [1.29, 1.82) is 0 Å². The number of rotatable bonds is 3. The van der Waals surface area contributed by atoms with E-state index in [0.717, 1.165) is 11.0 Å². The molecule has 2 heterocycles. The molecule has 0 bridgehead atoms. The van der Waals surface area contributed by atoms with Gasteiger partial charge in [-0.05, 0) is 26.0 Å². The van der Waals surface area contributed by atoms with Crippen LogP contribution in [-0.4, -0.2) is 51.8 Å². The van der Waals surface area contributed by atoms with Gasteiger partial charge in [-0.15, -0.1) is 0 Å². The van der Waals surface area contributed by atoms with Gasteiger partial charge in [0.05, 0.1) is 24.2 Å². The van der Waals surface area contributed by atoms with Crippen LogP contribution in [0.15, 0.2) is 24.3 Å². The summed E-state index contributed by atoms with van der Waals surface area (Å²) >= 11 is 0. The number of carbonyl (C=O) groups excluding carboxylic acids is 1. The van der Waals surface area contributed by atoms with Gasteiger partial charge in [0, 0.05) is 13.1 Å². The standard InChI is InChI=1S/C16H21N3O3/c1-16(2,21)15-17-12-5-3-4-6-13(12)19(15)11-14(20)18-7-9-22-10-8-18/h3-6,21H,7-11H2,1-2H3. The maximum atomic E-state index is 12.5. The molecule has 1 aromatic carbocycles. The topological polar surface area (TPSA) is 67.6 Å². The zero-order valence-corrected chi connectivity index (χ0v) is 13.0. The monoisotopic (exact) mass is 303 g/mol. The van der Waals surface area contributed by atoms with Crippen molar-refractivity contribution < 1.29 is 14.6 Å². The molecule has 118 valence electrons. The van der Waals surface area contributed by atoms with E-state index < -0.39 is 5.60 Å². The predicted molar refractivity (Wildman–Crippen MR) is 82.4 cm³/mol. The Hall–Kier alpha value is -1.92. The highest BCUT2D eigenvalue weighted by molar-refractivity contribution is 5.81. The van der Waals surface area contributed by atoms with E-state index in [4.69, 9.17) is 4.74 Å². The van der Waals surface area contributed by atoms with Crippen LogP contribution in [0.4, 0.5) is 0 Å². The molecule has 1 fully saturated rings. The highest BCUT2D eigenvalue weighted by atomic mass is 16.5. The summed E-state index contributed by atoms with van der Waals surface area (Å²) in [4.78, 5) is 18.8. The largest absolute Gasteiger partial charge is 0.383 e. The molecule has 0 spiro atoms. The van der Waals surface area contributed by atoms with Gasteiger partial charge in [0.25, 0.3) is 0 Å². The Morgan fingerprint density at radius 1 is 1.32 bits per heavy atom. The van der Waals surface area contributed by atoms with E-state index >= 15 is 0 Å². The summed E-state index contributed by atoms with van der Waals surface area (Å²) in [7, 11) is 0. The molecule has 1 aromatic heterocycles. The van der Waals surface area contributed by atoms with Gasteiger partial charge in [0.1, 0.15) is 18.0 Å². The van der Waals surface area contributed by atoms with Crippen LogP contribution in [0.2, 0.25) is 0 Å². The Labute approximate surface area is 129 Å². The number of amides is 1. The highest BCUT2D eigenvalue weighted by Gasteiger charge is 2.27. The molecule has 1 amide bonds. The number of aromatic nitrogens is 2. The zero-order valence-electron chi connectivity index (χ0n) is 13.0. The number of benzene rings is 1. The van der Waals surface area contributed by atoms with Gasteiger partial charge < -0.3 is 19.3 Å². The first-order valence-corrected chi connectivity index (χ1v) is 7.50. The van der Waals surface area contributed by atoms with Crippen molar-refractivity contribution in [3.05, 3.63) is 30.1 Å². The molecule has 0 aliphatic carbocycles. The van der Waals surface area contributed by atoms with E-state index in [2.05, 4.69) is 4.98 Å². The fourth-order valence-corrected chi connectivity index (χ4v) is 2.75. The number of fused-ring (bicyclic) bond motifs is 1. The van der Waals surface area contributed by atoms with Gasteiger partial charge >= 0.3 is 0 Å². The van der Waals surface area contributed by atoms with E-state index in [1.54, 1.807) is 18.7 Å². The van der Waals surface area contributed by atoms with Gasteiger partial charge in [0.2, 0.25) is 5.91 Å². The molecule has 1 aliphatic heterocycles. The maximum absolute atomic E-state index is 12.5. The minimum absolute atomic E-state index is 0.0250. The summed E-state index contributed by atoms with van der Waals surface area (Å²) < 4.78 is 7.09. The van der Waals surface area contributed by atoms with Crippen molar-refractivity contribution in [3.63, 3.8) is 0 Å². The van der Waals surface area contributed by atoms with Gasteiger partial charge in [-0.3, -0.25) is 4.79 Å². The van der Waals surface area contributed by atoms with Crippen molar-refractivity contribution in [3.8, 4) is 0 Å². The van der Waals surface area contributed by atoms with Crippen LogP contribution in [0.5, 0.6) is 0 Å².